The highest BCUT2D eigenvalue weighted by molar-refractivity contribution is 5.74. The molecule has 0 amide bonds. The molecule has 1 fully saturated rings. The minimum atomic E-state index is -1.00. The average Bonchev–Trinajstić information content (AvgIpc) is 2.96. The van der Waals surface area contributed by atoms with Crippen molar-refractivity contribution < 1.29 is 14.8 Å². The van der Waals surface area contributed by atoms with Crippen LogP contribution in [0.1, 0.15) is 25.7 Å². The Balaban J connectivity index is 1.61. The summed E-state index contributed by atoms with van der Waals surface area (Å²) in [5.41, 5.74) is -0.705. The fourth-order valence-electron chi connectivity index (χ4n) is 4.03. The number of non-ortho nitro benzene ring substituents is 1. The van der Waals surface area contributed by atoms with E-state index in [1.807, 2.05) is 0 Å². The van der Waals surface area contributed by atoms with E-state index in [1.54, 1.807) is 4.57 Å². The number of rotatable bonds is 7. The molecule has 33 heavy (non-hydrogen) atoms. The van der Waals surface area contributed by atoms with Crippen molar-refractivity contribution in [1.29, 1.82) is 0 Å². The number of anilines is 1. The molecule has 2 N–H and O–H groups in total. The lowest BCUT2D eigenvalue weighted by molar-refractivity contribution is -0.384. The molecule has 0 radical (unpaired) electrons. The molecule has 1 unspecified atom stereocenters. The number of nitro groups is 1. The first kappa shape index (κ1) is 22.5. The number of ether oxygens (including phenoxy) is 1. The second-order valence-corrected chi connectivity index (χ2v) is 8.13. The predicted octanol–water partition coefficient (Wildman–Crippen LogP) is 1.15. The predicted molar refractivity (Wildman–Crippen MR) is 121 cm³/mol. The van der Waals surface area contributed by atoms with E-state index >= 15 is 0 Å². The Kier molecular flexibility index (Phi) is 6.45. The summed E-state index contributed by atoms with van der Waals surface area (Å²) in [6, 6.07) is 5.56. The molecule has 0 spiro atoms. The third-order valence-corrected chi connectivity index (χ3v) is 5.76. The van der Waals surface area contributed by atoms with Crippen molar-refractivity contribution >= 4 is 22.8 Å². The second kappa shape index (κ2) is 9.45. The summed E-state index contributed by atoms with van der Waals surface area (Å²) >= 11 is 0. The monoisotopic (exact) mass is 458 g/mol. The fourth-order valence-corrected chi connectivity index (χ4v) is 4.03. The molecule has 0 bridgehead atoms. The topological polar surface area (TPSA) is 149 Å². The molecule has 2 aromatic heterocycles. The van der Waals surface area contributed by atoms with Crippen molar-refractivity contribution in [3.05, 3.63) is 55.2 Å². The number of aliphatic hydroxyl groups is 1. The Labute approximate surface area is 188 Å². The maximum absolute atomic E-state index is 12.7. The number of benzene rings is 1. The van der Waals surface area contributed by atoms with Gasteiger partial charge in [-0.2, -0.15) is 4.98 Å². The molecule has 0 saturated carbocycles. The van der Waals surface area contributed by atoms with Crippen molar-refractivity contribution in [2.45, 2.75) is 38.3 Å². The number of nitrogens with zero attached hydrogens (tertiary/aromatic N) is 5. The lowest BCUT2D eigenvalue weighted by atomic mass is 10.2. The van der Waals surface area contributed by atoms with Crippen LogP contribution >= 0.6 is 0 Å². The number of nitro benzene ring substituents is 1. The molecule has 176 valence electrons. The first-order valence-electron chi connectivity index (χ1n) is 10.8. The summed E-state index contributed by atoms with van der Waals surface area (Å²) < 4.78 is 8.51. The van der Waals surface area contributed by atoms with Crippen LogP contribution in [0, 0.1) is 10.1 Å². The van der Waals surface area contributed by atoms with Crippen LogP contribution in [-0.2, 0) is 13.6 Å². The molecule has 3 heterocycles. The van der Waals surface area contributed by atoms with E-state index in [2.05, 4.69) is 14.9 Å². The number of imidazole rings is 1. The lowest BCUT2D eigenvalue weighted by Crippen LogP contribution is -2.32. The van der Waals surface area contributed by atoms with Gasteiger partial charge in [0, 0.05) is 32.3 Å². The van der Waals surface area contributed by atoms with E-state index in [1.165, 1.54) is 35.9 Å². The van der Waals surface area contributed by atoms with E-state index in [9.17, 15) is 24.8 Å². The third kappa shape index (κ3) is 4.75. The molecule has 1 aromatic carbocycles. The van der Waals surface area contributed by atoms with Gasteiger partial charge in [0.25, 0.3) is 11.2 Å². The standard InChI is InChI=1S/C21H26N6O6/c1-24-18-17(19(29)23-21(24)30)26(20(22-18)25-10-4-2-3-5-11-25)12-15(28)13-33-16-8-6-14(7-9-16)27(31)32/h6-9,15,28H,2-5,10-13H2,1H3,(H,23,29,30). The number of aromatic nitrogens is 4. The molecule has 12 heteroatoms. The summed E-state index contributed by atoms with van der Waals surface area (Å²) in [5, 5.41) is 21.5. The van der Waals surface area contributed by atoms with Gasteiger partial charge in [0.2, 0.25) is 5.95 Å². The smallest absolute Gasteiger partial charge is 0.329 e. The van der Waals surface area contributed by atoms with Gasteiger partial charge < -0.3 is 19.3 Å². The Bertz CT molecular complexity index is 1250. The number of hydrogen-bond acceptors (Lipinski definition) is 8. The zero-order valence-electron chi connectivity index (χ0n) is 18.3. The number of aliphatic hydroxyl groups excluding tert-OH is 1. The molecule has 3 aromatic rings. The van der Waals surface area contributed by atoms with Crippen LogP contribution in [0.15, 0.2) is 33.9 Å². The van der Waals surface area contributed by atoms with E-state index in [-0.39, 0.29) is 30.0 Å². The minimum absolute atomic E-state index is 0.0244. The number of H-pyrrole nitrogens is 1. The number of nitrogens with one attached hydrogen (secondary N) is 1. The van der Waals surface area contributed by atoms with Crippen LogP contribution in [0.5, 0.6) is 5.75 Å². The average molecular weight is 458 g/mol. The highest BCUT2D eigenvalue weighted by Gasteiger charge is 2.24. The highest BCUT2D eigenvalue weighted by Crippen LogP contribution is 2.23. The van der Waals surface area contributed by atoms with Gasteiger partial charge in [0.1, 0.15) is 18.5 Å². The SMILES string of the molecule is Cn1c(=O)[nH]c(=O)c2c1nc(N1CCCCCC1)n2CC(O)COc1ccc([N+](=O)[O-])cc1. The van der Waals surface area contributed by atoms with Crippen LogP contribution in [0.2, 0.25) is 0 Å². The Morgan fingerprint density at radius 2 is 1.85 bits per heavy atom. The highest BCUT2D eigenvalue weighted by atomic mass is 16.6. The molecular formula is C21H26N6O6. The largest absolute Gasteiger partial charge is 0.491 e. The molecule has 1 atom stereocenters. The number of hydrogen-bond donors (Lipinski definition) is 2. The normalized spacial score (nSPS) is 15.4. The Morgan fingerprint density at radius 3 is 2.48 bits per heavy atom. The second-order valence-electron chi connectivity index (χ2n) is 8.13. The van der Waals surface area contributed by atoms with Crippen molar-refractivity contribution in [2.24, 2.45) is 7.05 Å². The first-order chi connectivity index (χ1) is 15.8. The van der Waals surface area contributed by atoms with Gasteiger partial charge >= 0.3 is 5.69 Å². The maximum Gasteiger partial charge on any atom is 0.329 e. The zero-order valence-corrected chi connectivity index (χ0v) is 18.3. The van der Waals surface area contributed by atoms with Gasteiger partial charge in [-0.05, 0) is 25.0 Å². The van der Waals surface area contributed by atoms with Gasteiger partial charge in [-0.3, -0.25) is 24.5 Å². The molecule has 1 aliphatic heterocycles. The van der Waals surface area contributed by atoms with E-state index in [4.69, 9.17) is 4.74 Å². The molecule has 1 saturated heterocycles. The summed E-state index contributed by atoms with van der Waals surface area (Å²) in [6.45, 7) is 1.46. The molecule has 1 aliphatic rings. The summed E-state index contributed by atoms with van der Waals surface area (Å²) in [6.07, 6.45) is 3.21. The van der Waals surface area contributed by atoms with Crippen molar-refractivity contribution in [2.75, 3.05) is 24.6 Å². The van der Waals surface area contributed by atoms with E-state index < -0.39 is 22.3 Å². The van der Waals surface area contributed by atoms with Crippen LogP contribution in [0.3, 0.4) is 0 Å². The van der Waals surface area contributed by atoms with E-state index in [0.29, 0.717) is 11.7 Å². The van der Waals surface area contributed by atoms with Gasteiger partial charge in [-0.1, -0.05) is 12.8 Å². The maximum atomic E-state index is 12.7. The van der Waals surface area contributed by atoms with Gasteiger partial charge in [-0.25, -0.2) is 4.79 Å². The van der Waals surface area contributed by atoms with E-state index in [0.717, 1.165) is 38.8 Å². The number of aryl methyl sites for hydroxylation is 1. The van der Waals surface area contributed by atoms with Crippen LogP contribution < -0.4 is 20.9 Å². The van der Waals surface area contributed by atoms with Gasteiger partial charge in [0.15, 0.2) is 11.2 Å². The fraction of sp³-hybridized carbons (Fsp3) is 0.476. The summed E-state index contributed by atoms with van der Waals surface area (Å²) in [7, 11) is 1.54. The Hall–Kier alpha value is -3.67. The summed E-state index contributed by atoms with van der Waals surface area (Å²) in [4.78, 5) is 44.0. The molecule has 4 rings (SSSR count). The number of aromatic amines is 1. The van der Waals surface area contributed by atoms with Crippen molar-refractivity contribution in [3.8, 4) is 5.75 Å². The van der Waals surface area contributed by atoms with Gasteiger partial charge in [-0.15, -0.1) is 0 Å². The third-order valence-electron chi connectivity index (χ3n) is 5.76. The summed E-state index contributed by atoms with van der Waals surface area (Å²) in [5.74, 6) is 0.913. The zero-order chi connectivity index (χ0) is 23.5. The molecular weight excluding hydrogens is 432 g/mol. The molecule has 12 nitrogen and oxygen atoms in total. The minimum Gasteiger partial charge on any atom is -0.491 e. The quantitative estimate of drug-likeness (QED) is 0.396. The first-order valence-corrected chi connectivity index (χ1v) is 10.8. The van der Waals surface area contributed by atoms with Crippen LogP contribution in [0.25, 0.3) is 11.2 Å². The van der Waals surface area contributed by atoms with Crippen LogP contribution in [0.4, 0.5) is 11.6 Å². The van der Waals surface area contributed by atoms with Crippen molar-refractivity contribution in [1.82, 2.24) is 19.1 Å². The van der Waals surface area contributed by atoms with Crippen LogP contribution in [-0.4, -0.2) is 54.9 Å². The van der Waals surface area contributed by atoms with Crippen molar-refractivity contribution in [3.63, 3.8) is 0 Å². The molecule has 0 aliphatic carbocycles. The number of fused-ring (bicyclic) bond motifs is 1. The Morgan fingerprint density at radius 1 is 1.18 bits per heavy atom. The lowest BCUT2D eigenvalue weighted by Gasteiger charge is -2.23. The van der Waals surface area contributed by atoms with Gasteiger partial charge in [0.05, 0.1) is 11.5 Å².